The quantitative estimate of drug-likeness (QED) is 0.562. The van der Waals surface area contributed by atoms with Gasteiger partial charge in [-0.1, -0.05) is 35.3 Å². The number of fused-ring (bicyclic) bond motifs is 2. The van der Waals surface area contributed by atoms with Crippen LogP contribution in [-0.2, 0) is 14.4 Å². The smallest absolute Gasteiger partial charge is 0.266 e. The number of nitrogens with zero attached hydrogens (tertiary/aromatic N) is 2. The lowest BCUT2D eigenvalue weighted by atomic mass is 9.91. The van der Waals surface area contributed by atoms with Crippen LogP contribution in [0.4, 0.5) is 5.69 Å². The first-order valence-corrected chi connectivity index (χ1v) is 9.87. The molecule has 0 radical (unpaired) electrons. The molecule has 3 aromatic rings. The maximum absolute atomic E-state index is 13.3. The van der Waals surface area contributed by atoms with Crippen molar-refractivity contribution in [1.29, 1.82) is 0 Å². The molecule has 7 nitrogen and oxygen atoms in total. The molecule has 1 aromatic heterocycles. The number of anilines is 1. The number of hydrogen-bond donors (Lipinski definition) is 0. The highest BCUT2D eigenvalue weighted by Gasteiger charge is 2.60. The second-order valence-electron chi connectivity index (χ2n) is 7.17. The van der Waals surface area contributed by atoms with Crippen molar-refractivity contribution in [3.63, 3.8) is 0 Å². The minimum atomic E-state index is -1.06. The molecule has 0 N–H and O–H groups in total. The largest absolute Gasteiger partial charge is 0.464 e. The standard InChI is InChI=1S/C21H14Cl2N2O5/c1-24-17(12-9-29-15-5-3-2-4-11(15)18(12)26)16-19(30-24)21(28)25(20(16)27)14-7-6-10(22)8-13(14)23/h2-9,16-17,19H,1H3/t16-,17-,19-/m0/s1. The first-order valence-electron chi connectivity index (χ1n) is 9.11. The number of rotatable bonds is 2. The molecule has 3 atom stereocenters. The summed E-state index contributed by atoms with van der Waals surface area (Å²) in [5, 5.41) is 2.30. The molecular formula is C21H14Cl2N2O5. The Morgan fingerprint density at radius 1 is 1.00 bits per heavy atom. The second kappa shape index (κ2) is 6.92. The van der Waals surface area contributed by atoms with Gasteiger partial charge in [0.25, 0.3) is 5.91 Å². The number of imide groups is 1. The van der Waals surface area contributed by atoms with Crippen LogP contribution in [0.15, 0.2) is 57.9 Å². The Hall–Kier alpha value is -2.71. The lowest BCUT2D eigenvalue weighted by molar-refractivity contribution is -0.160. The number of benzene rings is 2. The average Bonchev–Trinajstić information content (AvgIpc) is 3.17. The first-order chi connectivity index (χ1) is 14.4. The van der Waals surface area contributed by atoms with Gasteiger partial charge in [0.05, 0.1) is 39.9 Å². The predicted octanol–water partition coefficient (Wildman–Crippen LogP) is 3.58. The van der Waals surface area contributed by atoms with E-state index in [4.69, 9.17) is 32.5 Å². The van der Waals surface area contributed by atoms with E-state index in [1.54, 1.807) is 37.4 Å². The molecule has 0 unspecified atom stereocenters. The van der Waals surface area contributed by atoms with Gasteiger partial charge < -0.3 is 4.42 Å². The van der Waals surface area contributed by atoms with E-state index in [-0.39, 0.29) is 21.7 Å². The lowest BCUT2D eigenvalue weighted by Crippen LogP contribution is -2.37. The molecular weight excluding hydrogens is 431 g/mol. The van der Waals surface area contributed by atoms with E-state index in [1.165, 1.54) is 23.5 Å². The van der Waals surface area contributed by atoms with Crippen molar-refractivity contribution in [2.24, 2.45) is 5.92 Å². The van der Waals surface area contributed by atoms with Gasteiger partial charge in [0.15, 0.2) is 11.5 Å². The van der Waals surface area contributed by atoms with Crippen LogP contribution in [0.1, 0.15) is 11.6 Å². The zero-order valence-corrected chi connectivity index (χ0v) is 17.1. The minimum Gasteiger partial charge on any atom is -0.464 e. The number of amides is 2. The summed E-state index contributed by atoms with van der Waals surface area (Å²) >= 11 is 12.2. The fraction of sp³-hybridized carbons (Fsp3) is 0.190. The summed E-state index contributed by atoms with van der Waals surface area (Å²) in [4.78, 5) is 46.1. The normalized spacial score (nSPS) is 24.1. The molecule has 0 aliphatic carbocycles. The van der Waals surface area contributed by atoms with Crippen LogP contribution in [0.25, 0.3) is 11.0 Å². The third-order valence-electron chi connectivity index (χ3n) is 5.48. The number of carbonyl (C=O) groups is 2. The van der Waals surface area contributed by atoms with E-state index in [0.717, 1.165) is 4.90 Å². The number of carbonyl (C=O) groups excluding carboxylic acids is 2. The molecule has 2 saturated heterocycles. The maximum atomic E-state index is 13.3. The van der Waals surface area contributed by atoms with Crippen LogP contribution in [0.3, 0.4) is 0 Å². The minimum absolute atomic E-state index is 0.166. The molecule has 0 saturated carbocycles. The first kappa shape index (κ1) is 19.3. The molecule has 0 bridgehead atoms. The number of hydroxylamine groups is 2. The Morgan fingerprint density at radius 3 is 2.53 bits per heavy atom. The van der Waals surface area contributed by atoms with Crippen molar-refractivity contribution in [3.8, 4) is 0 Å². The van der Waals surface area contributed by atoms with Crippen LogP contribution < -0.4 is 10.3 Å². The van der Waals surface area contributed by atoms with E-state index in [0.29, 0.717) is 16.0 Å². The number of para-hydroxylation sites is 1. The lowest BCUT2D eigenvalue weighted by Gasteiger charge is -2.24. The van der Waals surface area contributed by atoms with Crippen molar-refractivity contribution in [1.82, 2.24) is 5.06 Å². The molecule has 152 valence electrons. The Morgan fingerprint density at radius 2 is 1.77 bits per heavy atom. The van der Waals surface area contributed by atoms with Crippen molar-refractivity contribution in [2.75, 3.05) is 11.9 Å². The van der Waals surface area contributed by atoms with E-state index < -0.39 is 29.9 Å². The number of halogens is 2. The molecule has 30 heavy (non-hydrogen) atoms. The summed E-state index contributed by atoms with van der Waals surface area (Å²) < 4.78 is 5.61. The maximum Gasteiger partial charge on any atom is 0.266 e. The summed E-state index contributed by atoms with van der Waals surface area (Å²) in [6, 6.07) is 10.5. The molecule has 2 fully saturated rings. The number of hydrogen-bond acceptors (Lipinski definition) is 6. The Labute approximate surface area is 180 Å². The van der Waals surface area contributed by atoms with Gasteiger partial charge in [0.2, 0.25) is 5.91 Å². The monoisotopic (exact) mass is 444 g/mol. The van der Waals surface area contributed by atoms with Crippen LogP contribution >= 0.6 is 23.2 Å². The summed E-state index contributed by atoms with van der Waals surface area (Å²) in [5.74, 6) is -1.97. The van der Waals surface area contributed by atoms with Gasteiger partial charge >= 0.3 is 0 Å². The second-order valence-corrected chi connectivity index (χ2v) is 8.01. The molecule has 2 aliphatic heterocycles. The summed E-state index contributed by atoms with van der Waals surface area (Å²) in [5.41, 5.74) is 0.629. The Balaban J connectivity index is 1.60. The van der Waals surface area contributed by atoms with E-state index in [1.807, 2.05) is 0 Å². The molecule has 0 spiro atoms. The van der Waals surface area contributed by atoms with E-state index in [9.17, 15) is 14.4 Å². The zero-order chi connectivity index (χ0) is 21.2. The van der Waals surface area contributed by atoms with Crippen molar-refractivity contribution in [3.05, 3.63) is 74.6 Å². The fourth-order valence-electron chi connectivity index (χ4n) is 4.14. The molecule has 2 aromatic carbocycles. The molecule has 5 rings (SSSR count). The van der Waals surface area contributed by atoms with Gasteiger partial charge in [-0.05, 0) is 30.3 Å². The topological polar surface area (TPSA) is 80.1 Å². The van der Waals surface area contributed by atoms with Crippen molar-refractivity contribution in [2.45, 2.75) is 12.1 Å². The van der Waals surface area contributed by atoms with Crippen LogP contribution in [0.5, 0.6) is 0 Å². The summed E-state index contributed by atoms with van der Waals surface area (Å²) in [6.45, 7) is 0. The van der Waals surface area contributed by atoms with Gasteiger partial charge in [-0.25, -0.2) is 4.90 Å². The molecule has 2 aliphatic rings. The van der Waals surface area contributed by atoms with Gasteiger partial charge in [-0.15, -0.1) is 0 Å². The Kier molecular flexibility index (Phi) is 4.44. The van der Waals surface area contributed by atoms with Crippen LogP contribution in [-0.4, -0.2) is 30.0 Å². The predicted molar refractivity (Wildman–Crippen MR) is 110 cm³/mol. The molecule has 9 heteroatoms. The van der Waals surface area contributed by atoms with Crippen LogP contribution in [0, 0.1) is 5.92 Å². The highest BCUT2D eigenvalue weighted by molar-refractivity contribution is 6.38. The Bertz CT molecular complexity index is 1270. The SMILES string of the molecule is CN1O[C@@H]2C(=O)N(c3ccc(Cl)cc3Cl)C(=O)[C@H]2[C@@H]1c1coc2ccccc2c1=O. The average molecular weight is 445 g/mol. The van der Waals surface area contributed by atoms with Gasteiger partial charge in [0.1, 0.15) is 5.58 Å². The van der Waals surface area contributed by atoms with E-state index >= 15 is 0 Å². The fourth-order valence-corrected chi connectivity index (χ4v) is 4.63. The zero-order valence-electron chi connectivity index (χ0n) is 15.5. The molecule has 2 amide bonds. The highest BCUT2D eigenvalue weighted by atomic mass is 35.5. The van der Waals surface area contributed by atoms with Crippen molar-refractivity contribution >= 4 is 51.7 Å². The van der Waals surface area contributed by atoms with Gasteiger partial charge in [-0.3, -0.25) is 19.2 Å². The third-order valence-corrected chi connectivity index (χ3v) is 6.02. The van der Waals surface area contributed by atoms with E-state index in [2.05, 4.69) is 0 Å². The third kappa shape index (κ3) is 2.70. The van der Waals surface area contributed by atoms with Crippen LogP contribution in [0.2, 0.25) is 10.0 Å². The summed E-state index contributed by atoms with van der Waals surface area (Å²) in [7, 11) is 1.58. The highest BCUT2D eigenvalue weighted by Crippen LogP contribution is 2.45. The van der Waals surface area contributed by atoms with Gasteiger partial charge in [0, 0.05) is 12.1 Å². The van der Waals surface area contributed by atoms with Gasteiger partial charge in [-0.2, -0.15) is 5.06 Å². The molecule has 3 heterocycles. The summed E-state index contributed by atoms with van der Waals surface area (Å²) in [6.07, 6.45) is 0.262. The van der Waals surface area contributed by atoms with Crippen molar-refractivity contribution < 1.29 is 18.8 Å².